The average molecular weight is 476 g/mol. The summed E-state index contributed by atoms with van der Waals surface area (Å²) >= 11 is 0. The Morgan fingerprint density at radius 2 is 1.97 bits per heavy atom. The molecule has 8 atom stereocenters. The lowest BCUT2D eigenvalue weighted by Gasteiger charge is -2.60. The molecule has 186 valence electrons. The molecule has 3 saturated carbocycles. The molecule has 4 aliphatic carbocycles. The van der Waals surface area contributed by atoms with Gasteiger partial charge in [0.15, 0.2) is 11.6 Å². The molecule has 4 fully saturated rings. The highest BCUT2D eigenvalue weighted by atomic mass is 16.3. The van der Waals surface area contributed by atoms with E-state index in [9.17, 15) is 19.8 Å². The Labute approximate surface area is 207 Å². The van der Waals surface area contributed by atoms with Gasteiger partial charge in [-0.1, -0.05) is 55.8 Å². The number of nitrogens with zero attached hydrogens (tertiary/aromatic N) is 1. The molecule has 5 aliphatic rings. The lowest BCUT2D eigenvalue weighted by molar-refractivity contribution is -0.159. The van der Waals surface area contributed by atoms with Crippen LogP contribution in [0, 0.1) is 39.9 Å². The number of aliphatic hydroxyl groups is 2. The molecule has 5 nitrogen and oxygen atoms in total. The number of carbonyl (C=O) groups excluding carboxylic acids is 2. The Hall–Kier alpha value is -2.08. The average Bonchev–Trinajstić information content (AvgIpc) is 3.31. The van der Waals surface area contributed by atoms with Crippen molar-refractivity contribution in [1.82, 2.24) is 4.90 Å². The summed E-state index contributed by atoms with van der Waals surface area (Å²) in [5.41, 5.74) is 1.12. The van der Waals surface area contributed by atoms with Crippen molar-refractivity contribution in [1.29, 1.82) is 0 Å². The minimum atomic E-state index is -0.622. The summed E-state index contributed by atoms with van der Waals surface area (Å²) < 4.78 is 0. The summed E-state index contributed by atoms with van der Waals surface area (Å²) in [5, 5.41) is 21.9. The van der Waals surface area contributed by atoms with Crippen LogP contribution in [0.15, 0.2) is 54.1 Å². The molecular formula is C30H37NO4. The number of fused-ring (bicyclic) bond motifs is 7. The van der Waals surface area contributed by atoms with Crippen LogP contribution in [0.5, 0.6) is 0 Å². The molecule has 1 saturated heterocycles. The Balaban J connectivity index is 1.36. The molecule has 1 heterocycles. The van der Waals surface area contributed by atoms with Crippen LogP contribution in [0.2, 0.25) is 0 Å². The molecule has 35 heavy (non-hydrogen) atoms. The van der Waals surface area contributed by atoms with Gasteiger partial charge in [0.25, 0.3) is 0 Å². The fourth-order valence-corrected chi connectivity index (χ4v) is 9.60. The molecular weight excluding hydrogens is 438 g/mol. The predicted octanol–water partition coefficient (Wildman–Crippen LogP) is 3.55. The van der Waals surface area contributed by atoms with E-state index in [1.807, 2.05) is 12.1 Å². The van der Waals surface area contributed by atoms with Crippen LogP contribution in [-0.2, 0) is 16.1 Å². The van der Waals surface area contributed by atoms with E-state index in [0.29, 0.717) is 24.8 Å². The van der Waals surface area contributed by atoms with Crippen molar-refractivity contribution in [2.24, 2.45) is 39.9 Å². The Bertz CT molecular complexity index is 1110. The number of hydrogen-bond donors (Lipinski definition) is 2. The molecule has 5 heteroatoms. The summed E-state index contributed by atoms with van der Waals surface area (Å²) in [7, 11) is 0. The van der Waals surface area contributed by atoms with Crippen molar-refractivity contribution in [3.8, 4) is 0 Å². The molecule has 2 N–H and O–H groups in total. The number of Topliss-reactive ketones (excluding diaryl/α,β-unsaturated/α-hetero) is 1. The first-order chi connectivity index (χ1) is 16.7. The third kappa shape index (κ3) is 3.11. The molecule has 6 rings (SSSR count). The van der Waals surface area contributed by atoms with Crippen molar-refractivity contribution in [3.63, 3.8) is 0 Å². The van der Waals surface area contributed by atoms with Gasteiger partial charge >= 0.3 is 0 Å². The van der Waals surface area contributed by atoms with Crippen LogP contribution in [0.25, 0.3) is 0 Å². The van der Waals surface area contributed by atoms with Gasteiger partial charge in [0, 0.05) is 31.0 Å². The van der Waals surface area contributed by atoms with Crippen LogP contribution < -0.4 is 0 Å². The van der Waals surface area contributed by atoms with Crippen molar-refractivity contribution in [2.45, 2.75) is 52.2 Å². The summed E-state index contributed by atoms with van der Waals surface area (Å²) in [4.78, 5) is 28.1. The molecule has 0 aromatic heterocycles. The highest BCUT2D eigenvalue weighted by molar-refractivity contribution is 6.01. The first-order valence-corrected chi connectivity index (χ1v) is 13.3. The largest absolute Gasteiger partial charge is 0.393 e. The molecule has 1 aliphatic heterocycles. The molecule has 0 bridgehead atoms. The second-order valence-electron chi connectivity index (χ2n) is 12.4. The second-order valence-corrected chi connectivity index (χ2v) is 12.4. The molecule has 0 spiro atoms. The lowest BCUT2D eigenvalue weighted by Crippen LogP contribution is -2.60. The molecule has 1 aromatic rings. The van der Waals surface area contributed by atoms with E-state index in [2.05, 4.69) is 43.0 Å². The zero-order chi connectivity index (χ0) is 24.6. The summed E-state index contributed by atoms with van der Waals surface area (Å²) in [6.45, 7) is 6.31. The minimum absolute atomic E-state index is 0.0422. The predicted molar refractivity (Wildman–Crippen MR) is 133 cm³/mol. The molecule has 0 amide bonds. The van der Waals surface area contributed by atoms with E-state index in [1.54, 1.807) is 12.2 Å². The Morgan fingerprint density at radius 3 is 2.71 bits per heavy atom. The van der Waals surface area contributed by atoms with Gasteiger partial charge in [-0.2, -0.15) is 0 Å². The van der Waals surface area contributed by atoms with Gasteiger partial charge in [-0.15, -0.1) is 0 Å². The lowest BCUT2D eigenvalue weighted by atomic mass is 9.44. The van der Waals surface area contributed by atoms with E-state index in [4.69, 9.17) is 0 Å². The minimum Gasteiger partial charge on any atom is -0.393 e. The Kier molecular flexibility index (Phi) is 5.30. The van der Waals surface area contributed by atoms with Crippen molar-refractivity contribution in [3.05, 3.63) is 59.7 Å². The van der Waals surface area contributed by atoms with E-state index in [1.165, 1.54) is 5.56 Å². The molecule has 0 unspecified atom stereocenters. The maximum Gasteiger partial charge on any atom is 0.178 e. The van der Waals surface area contributed by atoms with Crippen LogP contribution >= 0.6 is 0 Å². The summed E-state index contributed by atoms with van der Waals surface area (Å²) in [5.74, 6) is 0.900. The standard InChI is InChI=1S/C30H37NO4/c1-28-11-10-22(33)12-20(28)8-9-23-24-13-21-16-31(15-19-6-4-3-5-7-19)18-30(21,26(35)17-32)29(24,2)14-25(34)27(23)28/h3-7,10-12,21,23-25,27,32,34H,8-9,13-18H2,1-2H3/t21-,23-,24-,25-,27+,28-,29-,30+/m0/s1. The molecule has 0 radical (unpaired) electrons. The second kappa shape index (κ2) is 7.96. The first-order valence-electron chi connectivity index (χ1n) is 13.3. The number of rotatable bonds is 4. The fourth-order valence-electron chi connectivity index (χ4n) is 9.60. The van der Waals surface area contributed by atoms with Crippen LogP contribution in [0.4, 0.5) is 0 Å². The normalized spacial score (nSPS) is 44.3. The number of ketones is 2. The van der Waals surface area contributed by atoms with Gasteiger partial charge in [0.1, 0.15) is 6.61 Å². The number of benzene rings is 1. The zero-order valence-corrected chi connectivity index (χ0v) is 20.8. The third-order valence-electron chi connectivity index (χ3n) is 11.0. The maximum atomic E-state index is 13.7. The van der Waals surface area contributed by atoms with Crippen LogP contribution in [0.1, 0.15) is 45.1 Å². The van der Waals surface area contributed by atoms with Crippen LogP contribution in [0.3, 0.4) is 0 Å². The van der Waals surface area contributed by atoms with Gasteiger partial charge in [-0.25, -0.2) is 0 Å². The number of allylic oxidation sites excluding steroid dienone is 4. The van der Waals surface area contributed by atoms with Gasteiger partial charge < -0.3 is 10.2 Å². The van der Waals surface area contributed by atoms with E-state index >= 15 is 0 Å². The van der Waals surface area contributed by atoms with Crippen molar-refractivity contribution in [2.75, 3.05) is 19.7 Å². The topological polar surface area (TPSA) is 77.8 Å². The highest BCUT2D eigenvalue weighted by Crippen LogP contribution is 2.72. The number of hydrogen-bond acceptors (Lipinski definition) is 5. The summed E-state index contributed by atoms with van der Waals surface area (Å²) in [6.07, 6.45) is 8.33. The monoisotopic (exact) mass is 475 g/mol. The van der Waals surface area contributed by atoms with Gasteiger partial charge in [-0.05, 0) is 66.6 Å². The smallest absolute Gasteiger partial charge is 0.178 e. The molecule has 1 aromatic carbocycles. The van der Waals surface area contributed by atoms with Gasteiger partial charge in [0.05, 0.1) is 11.5 Å². The SMILES string of the molecule is C[C@]12C=CC(=O)C=C1CC[C@@H]1[C@@H]2[C@@H](O)C[C@@]2(C)[C@H]1C[C@H]1CN(Cc3ccccc3)C[C@]12C(=O)CO. The first kappa shape index (κ1) is 23.3. The van der Waals surface area contributed by atoms with Gasteiger partial charge in [0.2, 0.25) is 0 Å². The maximum absolute atomic E-state index is 13.7. The highest BCUT2D eigenvalue weighted by Gasteiger charge is 2.73. The van der Waals surface area contributed by atoms with Crippen molar-refractivity contribution >= 4 is 11.6 Å². The number of likely N-dealkylation sites (tertiary alicyclic amines) is 1. The summed E-state index contributed by atoms with van der Waals surface area (Å²) in [6, 6.07) is 10.4. The fraction of sp³-hybridized carbons (Fsp3) is 0.600. The van der Waals surface area contributed by atoms with E-state index in [0.717, 1.165) is 37.9 Å². The third-order valence-corrected chi connectivity index (χ3v) is 11.0. The van der Waals surface area contributed by atoms with Crippen molar-refractivity contribution < 1.29 is 19.8 Å². The van der Waals surface area contributed by atoms with Gasteiger partial charge in [-0.3, -0.25) is 14.5 Å². The number of carbonyl (C=O) groups is 2. The quantitative estimate of drug-likeness (QED) is 0.696. The zero-order valence-electron chi connectivity index (χ0n) is 20.8. The van der Waals surface area contributed by atoms with Crippen LogP contribution in [-0.4, -0.2) is 52.5 Å². The van der Waals surface area contributed by atoms with E-state index < -0.39 is 18.1 Å². The van der Waals surface area contributed by atoms with E-state index in [-0.39, 0.29) is 34.2 Å². The Morgan fingerprint density at radius 1 is 1.20 bits per heavy atom. The number of aliphatic hydroxyl groups excluding tert-OH is 2.